The zero-order valence-electron chi connectivity index (χ0n) is 7.61. The van der Waals surface area contributed by atoms with Gasteiger partial charge in [-0.15, -0.1) is 0 Å². The predicted octanol–water partition coefficient (Wildman–Crippen LogP) is 1.79. The predicted molar refractivity (Wildman–Crippen MR) is 48.1 cm³/mol. The number of rotatable bonds is 2. The van der Waals surface area contributed by atoms with E-state index in [4.69, 9.17) is 5.26 Å². The first-order valence-electron chi connectivity index (χ1n) is 4.05. The molecule has 13 heavy (non-hydrogen) atoms. The molecule has 0 unspecified atom stereocenters. The van der Waals surface area contributed by atoms with Gasteiger partial charge in [0, 0.05) is 17.7 Å². The molecule has 0 amide bonds. The molecule has 0 radical (unpaired) electrons. The van der Waals surface area contributed by atoms with Crippen LogP contribution in [0.25, 0.3) is 0 Å². The summed E-state index contributed by atoms with van der Waals surface area (Å²) in [5.74, 6) is -0.00663. The van der Waals surface area contributed by atoms with E-state index >= 15 is 0 Å². The normalized spacial score (nSPS) is 9.69. The van der Waals surface area contributed by atoms with Crippen LogP contribution in [-0.2, 0) is 0 Å². The van der Waals surface area contributed by atoms with Crippen LogP contribution in [0.1, 0.15) is 29.9 Å². The monoisotopic (exact) mass is 174 g/mol. The van der Waals surface area contributed by atoms with Gasteiger partial charge in [-0.3, -0.25) is 4.79 Å². The lowest BCUT2D eigenvalue weighted by Gasteiger charge is -2.02. The molecular formula is C10H10N2O. The van der Waals surface area contributed by atoms with Gasteiger partial charge in [-0.1, -0.05) is 13.8 Å². The summed E-state index contributed by atoms with van der Waals surface area (Å²) in [6.07, 6.45) is 1.48. The molecule has 0 saturated carbocycles. The minimum Gasteiger partial charge on any atom is -0.294 e. The lowest BCUT2D eigenvalue weighted by Crippen LogP contribution is -2.07. The summed E-state index contributed by atoms with van der Waals surface area (Å²) in [7, 11) is 0. The van der Waals surface area contributed by atoms with Crippen molar-refractivity contribution in [3.05, 3.63) is 29.6 Å². The second kappa shape index (κ2) is 3.81. The van der Waals surface area contributed by atoms with Gasteiger partial charge in [0.2, 0.25) is 0 Å². The lowest BCUT2D eigenvalue weighted by atomic mass is 10.0. The second-order valence-corrected chi connectivity index (χ2v) is 3.06. The fourth-order valence-corrected chi connectivity index (χ4v) is 0.978. The maximum atomic E-state index is 11.5. The van der Waals surface area contributed by atoms with Gasteiger partial charge >= 0.3 is 0 Å². The Labute approximate surface area is 77.0 Å². The zero-order chi connectivity index (χ0) is 9.84. The topological polar surface area (TPSA) is 53.8 Å². The first-order valence-corrected chi connectivity index (χ1v) is 4.05. The van der Waals surface area contributed by atoms with Crippen molar-refractivity contribution in [1.29, 1.82) is 5.26 Å². The molecule has 1 heterocycles. The fraction of sp³-hybridized carbons (Fsp3) is 0.300. The minimum atomic E-state index is -0.0473. The Kier molecular flexibility index (Phi) is 2.76. The van der Waals surface area contributed by atoms with E-state index in [1.54, 1.807) is 6.07 Å². The van der Waals surface area contributed by atoms with Crippen LogP contribution < -0.4 is 0 Å². The number of carbonyl (C=O) groups is 1. The highest BCUT2D eigenvalue weighted by Gasteiger charge is 2.10. The van der Waals surface area contributed by atoms with Crippen molar-refractivity contribution >= 4 is 5.78 Å². The number of Topliss-reactive ketones (excluding diaryl/α,β-unsaturated/α-hetero) is 1. The highest BCUT2D eigenvalue weighted by Crippen LogP contribution is 2.08. The average molecular weight is 174 g/mol. The summed E-state index contributed by atoms with van der Waals surface area (Å²) in [6, 6.07) is 5.04. The van der Waals surface area contributed by atoms with E-state index in [-0.39, 0.29) is 17.4 Å². The van der Waals surface area contributed by atoms with E-state index in [0.29, 0.717) is 5.56 Å². The van der Waals surface area contributed by atoms with Crippen LogP contribution in [0.15, 0.2) is 18.3 Å². The van der Waals surface area contributed by atoms with E-state index in [2.05, 4.69) is 4.98 Å². The molecule has 1 aromatic heterocycles. The van der Waals surface area contributed by atoms with E-state index in [9.17, 15) is 4.79 Å². The van der Waals surface area contributed by atoms with Crippen molar-refractivity contribution in [3.8, 4) is 6.07 Å². The highest BCUT2D eigenvalue weighted by molar-refractivity contribution is 5.97. The molecule has 66 valence electrons. The molecule has 0 aliphatic heterocycles. The van der Waals surface area contributed by atoms with Crippen molar-refractivity contribution < 1.29 is 4.79 Å². The smallest absolute Gasteiger partial charge is 0.165 e. The third kappa shape index (κ3) is 2.12. The maximum Gasteiger partial charge on any atom is 0.165 e. The number of hydrogen-bond acceptors (Lipinski definition) is 3. The fourth-order valence-electron chi connectivity index (χ4n) is 0.978. The van der Waals surface area contributed by atoms with Crippen LogP contribution in [0.4, 0.5) is 0 Å². The molecular weight excluding hydrogens is 164 g/mol. The molecule has 0 atom stereocenters. The third-order valence-corrected chi connectivity index (χ3v) is 1.68. The van der Waals surface area contributed by atoms with Crippen molar-refractivity contribution in [2.24, 2.45) is 5.92 Å². The van der Waals surface area contributed by atoms with Crippen LogP contribution in [0.2, 0.25) is 0 Å². The summed E-state index contributed by atoms with van der Waals surface area (Å²) < 4.78 is 0. The van der Waals surface area contributed by atoms with Crippen LogP contribution in [0, 0.1) is 17.2 Å². The van der Waals surface area contributed by atoms with E-state index < -0.39 is 0 Å². The molecule has 0 saturated heterocycles. The summed E-state index contributed by atoms with van der Waals surface area (Å²) in [4.78, 5) is 15.3. The largest absolute Gasteiger partial charge is 0.294 e. The molecule has 0 aromatic carbocycles. The first kappa shape index (κ1) is 9.40. The molecule has 0 spiro atoms. The molecule has 1 rings (SSSR count). The van der Waals surface area contributed by atoms with Gasteiger partial charge in [0.1, 0.15) is 11.8 Å². The number of nitriles is 1. The Morgan fingerprint density at radius 2 is 2.31 bits per heavy atom. The third-order valence-electron chi connectivity index (χ3n) is 1.68. The quantitative estimate of drug-likeness (QED) is 0.642. The van der Waals surface area contributed by atoms with Gasteiger partial charge in [0.25, 0.3) is 0 Å². The summed E-state index contributed by atoms with van der Waals surface area (Å²) >= 11 is 0. The molecule has 0 fully saturated rings. The van der Waals surface area contributed by atoms with Crippen molar-refractivity contribution in [3.63, 3.8) is 0 Å². The van der Waals surface area contributed by atoms with Gasteiger partial charge in [0.05, 0.1) is 0 Å². The molecule has 0 N–H and O–H groups in total. The van der Waals surface area contributed by atoms with Crippen molar-refractivity contribution in [1.82, 2.24) is 4.98 Å². The Balaban J connectivity index is 3.04. The van der Waals surface area contributed by atoms with E-state index in [1.165, 1.54) is 12.3 Å². The van der Waals surface area contributed by atoms with E-state index in [0.717, 1.165) is 0 Å². The second-order valence-electron chi connectivity index (χ2n) is 3.06. The standard InChI is InChI=1S/C10H10N2O/c1-7(2)10(13)8-3-4-12-9(5-8)6-11/h3-5,7H,1-2H3. The Morgan fingerprint density at radius 3 is 2.85 bits per heavy atom. The summed E-state index contributed by atoms with van der Waals surface area (Å²) in [5, 5.41) is 8.56. The van der Waals surface area contributed by atoms with Gasteiger partial charge in [-0.25, -0.2) is 4.98 Å². The van der Waals surface area contributed by atoms with Crippen LogP contribution in [-0.4, -0.2) is 10.8 Å². The average Bonchev–Trinajstić information content (AvgIpc) is 2.16. The van der Waals surface area contributed by atoms with Crippen molar-refractivity contribution in [2.75, 3.05) is 0 Å². The number of pyridine rings is 1. The minimum absolute atomic E-state index is 0.0406. The number of aromatic nitrogens is 1. The van der Waals surface area contributed by atoms with Gasteiger partial charge in [-0.05, 0) is 12.1 Å². The first-order chi connectivity index (χ1) is 6.15. The Bertz CT molecular complexity index is 363. The van der Waals surface area contributed by atoms with Crippen LogP contribution in [0.5, 0.6) is 0 Å². The zero-order valence-corrected chi connectivity index (χ0v) is 7.61. The van der Waals surface area contributed by atoms with Gasteiger partial charge in [-0.2, -0.15) is 5.26 Å². The van der Waals surface area contributed by atoms with Crippen molar-refractivity contribution in [2.45, 2.75) is 13.8 Å². The Morgan fingerprint density at radius 1 is 1.62 bits per heavy atom. The number of ketones is 1. The maximum absolute atomic E-state index is 11.5. The summed E-state index contributed by atoms with van der Waals surface area (Å²) in [6.45, 7) is 3.66. The van der Waals surface area contributed by atoms with Gasteiger partial charge < -0.3 is 0 Å². The number of nitrogens with zero attached hydrogens (tertiary/aromatic N) is 2. The highest BCUT2D eigenvalue weighted by atomic mass is 16.1. The lowest BCUT2D eigenvalue weighted by molar-refractivity contribution is 0.0939. The molecule has 1 aromatic rings. The molecule has 3 heteroatoms. The van der Waals surface area contributed by atoms with E-state index in [1.807, 2.05) is 19.9 Å². The summed E-state index contributed by atoms with van der Waals surface area (Å²) in [5.41, 5.74) is 0.841. The molecule has 0 aliphatic rings. The number of hydrogen-bond donors (Lipinski definition) is 0. The molecule has 0 bridgehead atoms. The van der Waals surface area contributed by atoms with Gasteiger partial charge in [0.15, 0.2) is 5.78 Å². The van der Waals surface area contributed by atoms with Crippen LogP contribution in [0.3, 0.4) is 0 Å². The SMILES string of the molecule is CC(C)C(=O)c1ccnc(C#N)c1. The Hall–Kier alpha value is -1.69. The number of carbonyl (C=O) groups excluding carboxylic acids is 1. The van der Waals surface area contributed by atoms with Crippen LogP contribution >= 0.6 is 0 Å². The molecule has 0 aliphatic carbocycles. The molecule has 3 nitrogen and oxygen atoms in total.